The fourth-order valence-corrected chi connectivity index (χ4v) is 12.3. The number of nitro groups is 1. The summed E-state index contributed by atoms with van der Waals surface area (Å²) in [6.07, 6.45) is 3.55. The minimum absolute atomic E-state index is 0.0839. The van der Waals surface area contributed by atoms with Crippen LogP contribution >= 0.6 is 0 Å². The largest absolute Gasteiger partial charge is 0.478 e. The molecule has 0 aliphatic rings. The van der Waals surface area contributed by atoms with Crippen LogP contribution in [0, 0.1) is 17.0 Å². The molecule has 0 aliphatic heterocycles. The number of amides is 1. The molecule has 9 aromatic carbocycles. The number of sulfonamides is 3. The number of nitro benzene ring substituents is 1. The molecule has 0 atom stereocenters. The van der Waals surface area contributed by atoms with E-state index in [0.717, 1.165) is 39.4 Å². The number of hydrogen-bond acceptors (Lipinski definition) is 12. The van der Waals surface area contributed by atoms with E-state index in [0.29, 0.717) is 66.8 Å². The average molecular weight is 1260 g/mol. The number of aryl methyl sites for hydroxylation is 7. The quantitative estimate of drug-likeness (QED) is 0.0231. The topological polar surface area (TPSA) is 323 Å². The Morgan fingerprint density at radius 3 is 1.06 bits per heavy atom. The van der Waals surface area contributed by atoms with Gasteiger partial charge in [0.1, 0.15) is 0 Å². The fourth-order valence-electron chi connectivity index (χ4n) is 8.87. The van der Waals surface area contributed by atoms with E-state index in [1.165, 1.54) is 61.5 Å². The van der Waals surface area contributed by atoms with Gasteiger partial charge in [-0.15, -0.1) is 0 Å². The van der Waals surface area contributed by atoms with E-state index in [-0.39, 0.29) is 32.4 Å². The first-order valence-corrected chi connectivity index (χ1v) is 31.8. The second-order valence-corrected chi connectivity index (χ2v) is 25.1. The number of aromatic carboxylic acids is 3. The van der Waals surface area contributed by atoms with E-state index < -0.39 is 63.5 Å². The first kappa shape index (κ1) is 66.0. The summed E-state index contributed by atoms with van der Waals surface area (Å²) < 4.78 is 84.3. The SMILES string of the molecule is CC(=O)Nc1ccc(S(=O)(=O)Nc2ccccc2CCc2ccc(C(=O)O)cc2)cc1.Cc1ccc(S(=O)(=O)Nc2ccccc2CCc2ccc(C(=O)O)cc2)cc1.O=C(O)c1ccc(CCc2ccccc2NS(=O)(=O)c2ccccc2[N+](=O)[O-])cc1. The highest BCUT2D eigenvalue weighted by Gasteiger charge is 2.26. The maximum atomic E-state index is 12.8. The van der Waals surface area contributed by atoms with Crippen molar-refractivity contribution in [1.29, 1.82) is 0 Å². The number of anilines is 4. The predicted molar refractivity (Wildman–Crippen MR) is 339 cm³/mol. The van der Waals surface area contributed by atoms with E-state index in [1.807, 2.05) is 31.2 Å². The Hall–Kier alpha value is -10.5. The lowest BCUT2D eigenvalue weighted by Gasteiger charge is -2.13. The Labute approximate surface area is 514 Å². The van der Waals surface area contributed by atoms with Crippen LogP contribution in [-0.4, -0.2) is 69.3 Å². The van der Waals surface area contributed by atoms with Crippen LogP contribution in [0.3, 0.4) is 0 Å². The average Bonchev–Trinajstić information content (AvgIpc) is 3.70. The van der Waals surface area contributed by atoms with Gasteiger partial charge in [0, 0.05) is 18.7 Å². The van der Waals surface area contributed by atoms with Crippen molar-refractivity contribution >= 4 is 82.3 Å². The number of carbonyl (C=O) groups is 4. The van der Waals surface area contributed by atoms with Crippen LogP contribution < -0.4 is 19.5 Å². The first-order chi connectivity index (χ1) is 42.4. The van der Waals surface area contributed by atoms with Gasteiger partial charge in [0.05, 0.1) is 48.5 Å². The van der Waals surface area contributed by atoms with Crippen molar-refractivity contribution < 1.29 is 64.7 Å². The number of nitrogens with one attached hydrogen (secondary N) is 4. The number of hydrogen-bond donors (Lipinski definition) is 7. The van der Waals surface area contributed by atoms with Crippen molar-refractivity contribution in [2.45, 2.75) is 67.1 Å². The Morgan fingerprint density at radius 2 is 0.719 bits per heavy atom. The molecule has 9 rings (SSSR count). The van der Waals surface area contributed by atoms with Crippen LogP contribution in [0.2, 0.25) is 0 Å². The number of carboxylic acids is 3. The Bertz CT molecular complexity index is 4340. The normalized spacial score (nSPS) is 11.1. The van der Waals surface area contributed by atoms with Crippen LogP contribution in [0.15, 0.2) is 233 Å². The van der Waals surface area contributed by atoms with E-state index >= 15 is 0 Å². The number of carbonyl (C=O) groups excluding carboxylic acids is 1. The van der Waals surface area contributed by atoms with E-state index in [9.17, 15) is 54.5 Å². The zero-order chi connectivity index (χ0) is 64.3. The van der Waals surface area contributed by atoms with Gasteiger partial charge in [0.2, 0.25) is 5.91 Å². The number of carboxylic acid groups (broad SMARTS) is 3. The van der Waals surface area contributed by atoms with Gasteiger partial charge in [0.25, 0.3) is 35.8 Å². The molecule has 0 aliphatic carbocycles. The maximum Gasteiger partial charge on any atom is 0.335 e. The van der Waals surface area contributed by atoms with Crippen molar-refractivity contribution in [2.24, 2.45) is 0 Å². The number of nitrogens with zero attached hydrogens (tertiary/aromatic N) is 1. The summed E-state index contributed by atoms with van der Waals surface area (Å²) in [6, 6.07) is 58.8. The Balaban J connectivity index is 0.000000190. The van der Waals surface area contributed by atoms with Crippen LogP contribution in [0.25, 0.3) is 0 Å². The maximum absolute atomic E-state index is 12.8. The van der Waals surface area contributed by atoms with Gasteiger partial charge in [-0.1, -0.05) is 121 Å². The molecule has 0 saturated heterocycles. The highest BCUT2D eigenvalue weighted by atomic mass is 32.2. The smallest absolute Gasteiger partial charge is 0.335 e. The first-order valence-electron chi connectivity index (χ1n) is 27.3. The van der Waals surface area contributed by atoms with E-state index in [1.54, 1.807) is 133 Å². The van der Waals surface area contributed by atoms with E-state index in [4.69, 9.17) is 15.3 Å². The lowest BCUT2D eigenvalue weighted by Crippen LogP contribution is -2.16. The second kappa shape index (κ2) is 30.2. The van der Waals surface area contributed by atoms with Crippen molar-refractivity contribution in [1.82, 2.24) is 0 Å². The van der Waals surface area contributed by atoms with Gasteiger partial charge in [-0.2, -0.15) is 0 Å². The summed E-state index contributed by atoms with van der Waals surface area (Å²) in [7, 11) is -11.6. The van der Waals surface area contributed by atoms with Gasteiger partial charge >= 0.3 is 17.9 Å². The Morgan fingerprint density at radius 1 is 0.404 bits per heavy atom. The molecule has 0 bridgehead atoms. The van der Waals surface area contributed by atoms with Crippen molar-refractivity contribution in [3.8, 4) is 0 Å². The molecule has 458 valence electrons. The van der Waals surface area contributed by atoms with Crippen molar-refractivity contribution in [2.75, 3.05) is 19.5 Å². The molecule has 0 radical (unpaired) electrons. The molecule has 7 N–H and O–H groups in total. The number of rotatable bonds is 23. The second-order valence-electron chi connectivity index (χ2n) is 20.0. The molecule has 0 saturated carbocycles. The minimum Gasteiger partial charge on any atom is -0.478 e. The van der Waals surface area contributed by atoms with Crippen LogP contribution in [0.4, 0.5) is 28.4 Å². The van der Waals surface area contributed by atoms with Crippen molar-refractivity contribution in [3.05, 3.63) is 284 Å². The summed E-state index contributed by atoms with van der Waals surface area (Å²) in [5.41, 5.74) is 8.28. The molecule has 0 unspecified atom stereocenters. The molecular formula is C66H61N5O15S3. The highest BCUT2D eigenvalue weighted by molar-refractivity contribution is 7.93. The third-order valence-corrected chi connectivity index (χ3v) is 17.8. The molecule has 0 spiro atoms. The van der Waals surface area contributed by atoms with Crippen LogP contribution in [-0.2, 0) is 73.4 Å². The highest BCUT2D eigenvalue weighted by Crippen LogP contribution is 2.29. The summed E-state index contributed by atoms with van der Waals surface area (Å²) in [5, 5.41) is 40.7. The predicted octanol–water partition coefficient (Wildman–Crippen LogP) is 12.1. The van der Waals surface area contributed by atoms with Crippen molar-refractivity contribution in [3.63, 3.8) is 0 Å². The molecule has 9 aromatic rings. The van der Waals surface area contributed by atoms with Crippen LogP contribution in [0.1, 0.15) is 76.9 Å². The molecule has 23 heteroatoms. The standard InChI is InChI=1S/C23H22N2O5S.C22H21NO4S.C21H18N2O6S/c1-16(26)24-20-12-14-21(15-13-20)31(29,30)25-22-5-3-2-4-18(22)9-6-17-7-10-19(11-8-17)23(27)28;1-16-6-14-20(15-7-16)28(26,27)23-21-5-3-2-4-18(21)11-8-17-9-12-19(13-10-17)22(24)25;24-21(25)17-13-10-15(11-14-17)9-12-16-5-1-2-6-18(16)22-30(28,29)20-8-4-3-7-19(20)23(26)27/h2-5,7-8,10-15,25H,6,9H2,1H3,(H,24,26)(H,27,28);2-7,9-10,12-15,23H,8,11H2,1H3,(H,24,25);1-8,10-11,13-14,22H,9,12H2,(H,24,25). The third-order valence-electron chi connectivity index (χ3n) is 13.6. The molecule has 0 fully saturated rings. The summed E-state index contributed by atoms with van der Waals surface area (Å²) >= 11 is 0. The van der Waals surface area contributed by atoms with Crippen LogP contribution in [0.5, 0.6) is 0 Å². The molecule has 0 heterocycles. The summed E-state index contributed by atoms with van der Waals surface area (Å²) in [4.78, 5) is 54.3. The molecule has 0 aromatic heterocycles. The Kier molecular flexibility index (Phi) is 22.4. The molecule has 20 nitrogen and oxygen atoms in total. The zero-order valence-corrected chi connectivity index (χ0v) is 50.4. The summed E-state index contributed by atoms with van der Waals surface area (Å²) in [6.45, 7) is 3.28. The molecule has 1 amide bonds. The van der Waals surface area contributed by atoms with Gasteiger partial charge in [-0.3, -0.25) is 29.1 Å². The summed E-state index contributed by atoms with van der Waals surface area (Å²) in [5.74, 6) is -3.17. The number of benzene rings is 9. The zero-order valence-electron chi connectivity index (χ0n) is 47.9. The number of para-hydroxylation sites is 4. The lowest BCUT2D eigenvalue weighted by atomic mass is 10.0. The lowest BCUT2D eigenvalue weighted by molar-refractivity contribution is -0.387. The van der Waals surface area contributed by atoms with Gasteiger partial charge in [-0.25, -0.2) is 39.6 Å². The third kappa shape index (κ3) is 19.3. The molecular weight excluding hydrogens is 1200 g/mol. The van der Waals surface area contributed by atoms with Gasteiger partial charge < -0.3 is 20.6 Å². The molecule has 89 heavy (non-hydrogen) atoms. The van der Waals surface area contributed by atoms with E-state index in [2.05, 4.69) is 19.5 Å². The monoisotopic (exact) mass is 1260 g/mol. The van der Waals surface area contributed by atoms with Gasteiger partial charge in [0.15, 0.2) is 4.90 Å². The van der Waals surface area contributed by atoms with Gasteiger partial charge in [-0.05, 0) is 176 Å². The fraction of sp³-hybridized carbons (Fsp3) is 0.121. The minimum atomic E-state index is -4.17.